The molecule has 1 aliphatic carbocycles. The largest absolute Gasteiger partial charge is 0.389 e. The summed E-state index contributed by atoms with van der Waals surface area (Å²) in [5.41, 5.74) is 0.850. The molecule has 6 nitrogen and oxygen atoms in total. The van der Waals surface area contributed by atoms with Crippen LogP contribution < -0.4 is 5.32 Å². The Labute approximate surface area is 141 Å². The van der Waals surface area contributed by atoms with Gasteiger partial charge in [0.1, 0.15) is 5.82 Å². The summed E-state index contributed by atoms with van der Waals surface area (Å²) in [6, 6.07) is 7.56. The molecule has 0 saturated heterocycles. The average molecular weight is 328 g/mol. The van der Waals surface area contributed by atoms with Crippen molar-refractivity contribution in [2.75, 3.05) is 5.32 Å². The lowest BCUT2D eigenvalue weighted by Crippen LogP contribution is -2.36. The number of pyridine rings is 1. The number of carbonyl (C=O) groups is 1. The number of aryl methyl sites for hydroxylation is 1. The highest BCUT2D eigenvalue weighted by atomic mass is 16.3. The predicted octanol–water partition coefficient (Wildman–Crippen LogP) is 2.66. The first-order valence-corrected chi connectivity index (χ1v) is 8.51. The maximum absolute atomic E-state index is 12.4. The second-order valence-corrected chi connectivity index (χ2v) is 6.66. The number of rotatable bonds is 5. The van der Waals surface area contributed by atoms with Crippen molar-refractivity contribution < 1.29 is 9.90 Å². The highest BCUT2D eigenvalue weighted by molar-refractivity contribution is 5.90. The van der Waals surface area contributed by atoms with Gasteiger partial charge in [0.25, 0.3) is 0 Å². The van der Waals surface area contributed by atoms with E-state index in [0.29, 0.717) is 25.2 Å². The van der Waals surface area contributed by atoms with E-state index in [-0.39, 0.29) is 12.3 Å². The predicted molar refractivity (Wildman–Crippen MR) is 91.6 cm³/mol. The van der Waals surface area contributed by atoms with Crippen LogP contribution in [0.2, 0.25) is 0 Å². The molecule has 2 heterocycles. The van der Waals surface area contributed by atoms with Gasteiger partial charge in [-0.2, -0.15) is 5.10 Å². The molecule has 1 saturated carbocycles. The summed E-state index contributed by atoms with van der Waals surface area (Å²) in [5.74, 6) is 0.476. The molecule has 0 aromatic carbocycles. The van der Waals surface area contributed by atoms with Crippen molar-refractivity contribution in [1.29, 1.82) is 0 Å². The lowest BCUT2D eigenvalue weighted by atomic mass is 9.82. The molecule has 3 rings (SSSR count). The number of hydrogen-bond acceptors (Lipinski definition) is 4. The summed E-state index contributed by atoms with van der Waals surface area (Å²) in [4.78, 5) is 16.7. The van der Waals surface area contributed by atoms with Crippen LogP contribution in [0.3, 0.4) is 0 Å². The van der Waals surface area contributed by atoms with Crippen molar-refractivity contribution in [2.24, 2.45) is 0 Å². The third kappa shape index (κ3) is 4.20. The Morgan fingerprint density at radius 2 is 2.12 bits per heavy atom. The first-order valence-electron chi connectivity index (χ1n) is 8.51. The van der Waals surface area contributed by atoms with Gasteiger partial charge in [-0.3, -0.25) is 9.78 Å². The third-order valence-corrected chi connectivity index (χ3v) is 4.48. The van der Waals surface area contributed by atoms with E-state index in [1.54, 1.807) is 10.9 Å². The van der Waals surface area contributed by atoms with Gasteiger partial charge in [0.05, 0.1) is 30.0 Å². The Balaban J connectivity index is 1.67. The molecular formula is C18H24N4O2. The summed E-state index contributed by atoms with van der Waals surface area (Å²) in [6.45, 7) is 2.38. The highest BCUT2D eigenvalue weighted by Gasteiger charge is 2.31. The number of hydrogen-bond donors (Lipinski definition) is 2. The molecule has 1 fully saturated rings. The second kappa shape index (κ2) is 7.13. The fourth-order valence-electron chi connectivity index (χ4n) is 3.28. The molecule has 0 bridgehead atoms. The molecule has 0 spiro atoms. The Morgan fingerprint density at radius 1 is 1.33 bits per heavy atom. The van der Waals surface area contributed by atoms with Crippen molar-refractivity contribution in [1.82, 2.24) is 14.8 Å². The molecule has 24 heavy (non-hydrogen) atoms. The van der Waals surface area contributed by atoms with Gasteiger partial charge in [-0.15, -0.1) is 0 Å². The zero-order valence-corrected chi connectivity index (χ0v) is 14.0. The minimum absolute atomic E-state index is 0.140. The smallest absolute Gasteiger partial charge is 0.228 e. The van der Waals surface area contributed by atoms with Gasteiger partial charge in [-0.05, 0) is 31.9 Å². The number of amides is 1. The van der Waals surface area contributed by atoms with E-state index in [2.05, 4.69) is 15.4 Å². The SMILES string of the molecule is Cc1cc(NC(=O)CC2(O)CCCCC2)n(Cc2ccccn2)n1. The van der Waals surface area contributed by atoms with Crippen molar-refractivity contribution in [3.63, 3.8) is 0 Å². The number of nitrogens with zero attached hydrogens (tertiary/aromatic N) is 3. The van der Waals surface area contributed by atoms with E-state index >= 15 is 0 Å². The van der Waals surface area contributed by atoms with Gasteiger partial charge in [-0.1, -0.05) is 25.3 Å². The normalized spacial score (nSPS) is 16.8. The minimum Gasteiger partial charge on any atom is -0.389 e. The summed E-state index contributed by atoms with van der Waals surface area (Å²) in [6.07, 6.45) is 6.39. The van der Waals surface area contributed by atoms with Crippen LogP contribution in [0.4, 0.5) is 5.82 Å². The molecule has 6 heteroatoms. The topological polar surface area (TPSA) is 80.0 Å². The third-order valence-electron chi connectivity index (χ3n) is 4.48. The first-order chi connectivity index (χ1) is 11.5. The molecule has 2 N–H and O–H groups in total. The maximum atomic E-state index is 12.4. The van der Waals surface area contributed by atoms with E-state index < -0.39 is 5.60 Å². The van der Waals surface area contributed by atoms with Crippen molar-refractivity contribution in [3.8, 4) is 0 Å². The number of nitrogens with one attached hydrogen (secondary N) is 1. The van der Waals surface area contributed by atoms with Crippen molar-refractivity contribution >= 4 is 11.7 Å². The molecular weight excluding hydrogens is 304 g/mol. The number of aliphatic hydroxyl groups is 1. The number of carbonyl (C=O) groups excluding carboxylic acids is 1. The molecule has 2 aromatic rings. The van der Waals surface area contributed by atoms with Crippen molar-refractivity contribution in [3.05, 3.63) is 41.9 Å². The highest BCUT2D eigenvalue weighted by Crippen LogP contribution is 2.31. The Bertz CT molecular complexity index is 690. The maximum Gasteiger partial charge on any atom is 0.228 e. The fourth-order valence-corrected chi connectivity index (χ4v) is 3.28. The summed E-state index contributed by atoms with van der Waals surface area (Å²) >= 11 is 0. The quantitative estimate of drug-likeness (QED) is 0.884. The van der Waals surface area contributed by atoms with Gasteiger partial charge >= 0.3 is 0 Å². The van der Waals surface area contributed by atoms with Gasteiger partial charge in [0.2, 0.25) is 5.91 Å². The van der Waals surface area contributed by atoms with Crippen LogP contribution >= 0.6 is 0 Å². The van der Waals surface area contributed by atoms with Gasteiger partial charge < -0.3 is 10.4 Å². The molecule has 0 radical (unpaired) electrons. The molecule has 1 amide bonds. The van der Waals surface area contributed by atoms with E-state index in [4.69, 9.17) is 0 Å². The molecule has 0 aliphatic heterocycles. The van der Waals surface area contributed by atoms with Crippen LogP contribution in [0.15, 0.2) is 30.5 Å². The Kier molecular flexibility index (Phi) is 4.94. The lowest BCUT2D eigenvalue weighted by molar-refractivity contribution is -0.122. The first kappa shape index (κ1) is 16.6. The van der Waals surface area contributed by atoms with Crippen LogP contribution in [0, 0.1) is 6.92 Å². The molecule has 128 valence electrons. The minimum atomic E-state index is -0.858. The zero-order valence-electron chi connectivity index (χ0n) is 14.0. The molecule has 0 atom stereocenters. The number of anilines is 1. The van der Waals surface area contributed by atoms with Gasteiger partial charge in [0, 0.05) is 12.3 Å². The van der Waals surface area contributed by atoms with Gasteiger partial charge in [0.15, 0.2) is 0 Å². The van der Waals surface area contributed by atoms with Crippen LogP contribution in [-0.2, 0) is 11.3 Å². The van der Waals surface area contributed by atoms with E-state index in [1.165, 1.54) is 0 Å². The zero-order chi connectivity index (χ0) is 17.0. The number of aromatic nitrogens is 3. The van der Waals surface area contributed by atoms with Crippen molar-refractivity contribution in [2.45, 2.75) is 57.6 Å². The average Bonchev–Trinajstić information content (AvgIpc) is 2.87. The Morgan fingerprint density at radius 3 is 2.83 bits per heavy atom. The van der Waals surface area contributed by atoms with E-state index in [0.717, 1.165) is 30.7 Å². The Hall–Kier alpha value is -2.21. The molecule has 1 aliphatic rings. The summed E-state index contributed by atoms with van der Waals surface area (Å²) in [5, 5.41) is 17.9. The summed E-state index contributed by atoms with van der Waals surface area (Å²) < 4.78 is 1.74. The summed E-state index contributed by atoms with van der Waals surface area (Å²) in [7, 11) is 0. The van der Waals surface area contributed by atoms with Gasteiger partial charge in [-0.25, -0.2) is 4.68 Å². The van der Waals surface area contributed by atoms with Crippen LogP contribution in [0.1, 0.15) is 49.9 Å². The lowest BCUT2D eigenvalue weighted by Gasteiger charge is -2.31. The molecule has 2 aromatic heterocycles. The van der Waals surface area contributed by atoms with Crippen LogP contribution in [-0.4, -0.2) is 31.4 Å². The van der Waals surface area contributed by atoms with E-state index in [1.807, 2.05) is 31.2 Å². The fraction of sp³-hybridized carbons (Fsp3) is 0.500. The monoisotopic (exact) mass is 328 g/mol. The van der Waals surface area contributed by atoms with Crippen LogP contribution in [0.5, 0.6) is 0 Å². The molecule has 0 unspecified atom stereocenters. The van der Waals surface area contributed by atoms with E-state index in [9.17, 15) is 9.90 Å². The van der Waals surface area contributed by atoms with Crippen LogP contribution in [0.25, 0.3) is 0 Å². The second-order valence-electron chi connectivity index (χ2n) is 6.66. The standard InChI is InChI=1S/C18H24N4O2/c1-14-11-16(22(21-14)13-15-7-3-6-10-19-15)20-17(23)12-18(24)8-4-2-5-9-18/h3,6-7,10-11,24H,2,4-5,8-9,12-13H2,1H3,(H,20,23).